The van der Waals surface area contributed by atoms with Crippen LogP contribution in [-0.2, 0) is 7.05 Å². The predicted molar refractivity (Wildman–Crippen MR) is 107 cm³/mol. The Morgan fingerprint density at radius 3 is 2.50 bits per heavy atom. The molecule has 26 heavy (non-hydrogen) atoms. The van der Waals surface area contributed by atoms with Gasteiger partial charge in [-0.15, -0.1) is 0 Å². The molecular weight excluding hydrogens is 344 g/mol. The highest BCUT2D eigenvalue weighted by Gasteiger charge is 2.15. The van der Waals surface area contributed by atoms with Gasteiger partial charge in [-0.05, 0) is 56.2 Å². The number of aromatic nitrogens is 2. The van der Waals surface area contributed by atoms with Crippen LogP contribution in [0.3, 0.4) is 0 Å². The Hall–Kier alpha value is -2.77. The number of benzene rings is 2. The molecule has 0 radical (unpaired) electrons. The van der Waals surface area contributed by atoms with Gasteiger partial charge in [0.1, 0.15) is 6.07 Å². The fourth-order valence-electron chi connectivity index (χ4n) is 3.26. The third kappa shape index (κ3) is 3.18. The lowest BCUT2D eigenvalue weighted by Gasteiger charge is -2.26. The Bertz CT molecular complexity index is 978. The Labute approximate surface area is 159 Å². The van der Waals surface area contributed by atoms with E-state index in [1.165, 1.54) is 5.56 Å². The lowest BCUT2D eigenvalue weighted by atomic mass is 10.0. The summed E-state index contributed by atoms with van der Waals surface area (Å²) >= 11 is 6.25. The highest BCUT2D eigenvalue weighted by atomic mass is 35.5. The molecule has 4 nitrogen and oxygen atoms in total. The Morgan fingerprint density at radius 1 is 1.15 bits per heavy atom. The van der Waals surface area contributed by atoms with Gasteiger partial charge in [-0.1, -0.05) is 23.7 Å². The number of nitriles is 1. The van der Waals surface area contributed by atoms with Gasteiger partial charge >= 0.3 is 0 Å². The summed E-state index contributed by atoms with van der Waals surface area (Å²) in [4.78, 5) is 2.21. The second kappa shape index (κ2) is 7.23. The minimum absolute atomic E-state index is 0.472. The van der Waals surface area contributed by atoms with Crippen molar-refractivity contribution >= 4 is 23.0 Å². The van der Waals surface area contributed by atoms with Gasteiger partial charge in [0, 0.05) is 30.5 Å². The van der Waals surface area contributed by atoms with Crippen molar-refractivity contribution in [2.24, 2.45) is 7.05 Å². The molecule has 132 valence electrons. The van der Waals surface area contributed by atoms with Crippen LogP contribution in [0.25, 0.3) is 11.3 Å². The van der Waals surface area contributed by atoms with Crippen molar-refractivity contribution in [3.05, 3.63) is 64.3 Å². The van der Waals surface area contributed by atoms with E-state index in [1.807, 2.05) is 30.1 Å². The molecule has 0 aliphatic carbocycles. The molecule has 3 rings (SSSR count). The molecule has 5 heteroatoms. The fourth-order valence-corrected chi connectivity index (χ4v) is 3.48. The highest BCUT2D eigenvalue weighted by Crippen LogP contribution is 2.34. The summed E-state index contributed by atoms with van der Waals surface area (Å²) in [5.41, 5.74) is 7.14. The van der Waals surface area contributed by atoms with E-state index < -0.39 is 0 Å². The first-order chi connectivity index (χ1) is 12.5. The first kappa shape index (κ1) is 18.0. The van der Waals surface area contributed by atoms with Gasteiger partial charge in [-0.2, -0.15) is 10.4 Å². The number of aryl methyl sites for hydroxylation is 3. The normalized spacial score (nSPS) is 10.6. The number of hydrogen-bond donors (Lipinski definition) is 0. The summed E-state index contributed by atoms with van der Waals surface area (Å²) in [6, 6.07) is 14.1. The smallest absolute Gasteiger partial charge is 0.101 e. The van der Waals surface area contributed by atoms with E-state index in [0.717, 1.165) is 34.7 Å². The molecule has 0 unspecified atom stereocenters. The van der Waals surface area contributed by atoms with Crippen LogP contribution >= 0.6 is 11.6 Å². The van der Waals surface area contributed by atoms with E-state index >= 15 is 0 Å². The summed E-state index contributed by atoms with van der Waals surface area (Å²) in [6.45, 7) is 7.06. The second-order valence-corrected chi connectivity index (χ2v) is 6.73. The fraction of sp³-hybridized carbons (Fsp3) is 0.238. The minimum Gasteiger partial charge on any atom is -0.341 e. The molecule has 0 fully saturated rings. The number of hydrogen-bond acceptors (Lipinski definition) is 3. The average Bonchev–Trinajstić information content (AvgIpc) is 2.96. The molecule has 0 amide bonds. The summed E-state index contributed by atoms with van der Waals surface area (Å²) in [7, 11) is 1.96. The summed E-state index contributed by atoms with van der Waals surface area (Å²) in [5, 5.41) is 13.9. The maximum Gasteiger partial charge on any atom is 0.101 e. The molecule has 0 N–H and O–H groups in total. The first-order valence-corrected chi connectivity index (χ1v) is 8.90. The summed E-state index contributed by atoms with van der Waals surface area (Å²) in [5.74, 6) is 0. The van der Waals surface area contributed by atoms with Gasteiger partial charge in [0.25, 0.3) is 0 Å². The van der Waals surface area contributed by atoms with Crippen molar-refractivity contribution in [3.8, 4) is 17.3 Å². The number of rotatable bonds is 4. The molecule has 1 aromatic heterocycles. The van der Waals surface area contributed by atoms with E-state index in [2.05, 4.69) is 55.0 Å². The van der Waals surface area contributed by atoms with Crippen LogP contribution in [0.5, 0.6) is 0 Å². The van der Waals surface area contributed by atoms with Crippen molar-refractivity contribution in [2.45, 2.75) is 20.8 Å². The van der Waals surface area contributed by atoms with Crippen LogP contribution in [0.4, 0.5) is 11.4 Å². The van der Waals surface area contributed by atoms with Crippen LogP contribution in [0, 0.1) is 25.2 Å². The Morgan fingerprint density at radius 2 is 1.92 bits per heavy atom. The molecule has 0 aliphatic rings. The SMILES string of the molecule is CCN(c1ccc(C#N)c(Cl)c1)c1cc(-c2c(C)cnn2C)ccc1C. The highest BCUT2D eigenvalue weighted by molar-refractivity contribution is 6.32. The lowest BCUT2D eigenvalue weighted by molar-refractivity contribution is 0.775. The van der Waals surface area contributed by atoms with Crippen molar-refractivity contribution in [1.29, 1.82) is 5.26 Å². The summed E-state index contributed by atoms with van der Waals surface area (Å²) < 4.78 is 1.90. The number of halogens is 1. The van der Waals surface area contributed by atoms with Gasteiger partial charge in [0.15, 0.2) is 0 Å². The Kier molecular flexibility index (Phi) is 5.01. The van der Waals surface area contributed by atoms with Gasteiger partial charge in [0.05, 0.1) is 22.5 Å². The molecule has 0 aliphatic heterocycles. The molecule has 0 bridgehead atoms. The molecule has 3 aromatic rings. The van der Waals surface area contributed by atoms with E-state index in [1.54, 1.807) is 6.07 Å². The van der Waals surface area contributed by atoms with Crippen LogP contribution in [0.2, 0.25) is 5.02 Å². The maximum atomic E-state index is 9.10. The van der Waals surface area contributed by atoms with Gasteiger partial charge in [0.2, 0.25) is 0 Å². The largest absolute Gasteiger partial charge is 0.341 e. The van der Waals surface area contributed by atoms with Crippen molar-refractivity contribution in [1.82, 2.24) is 9.78 Å². The van der Waals surface area contributed by atoms with Crippen LogP contribution in [0.15, 0.2) is 42.6 Å². The predicted octanol–water partition coefficient (Wildman–Crippen LogP) is 5.39. The monoisotopic (exact) mass is 364 g/mol. The van der Waals surface area contributed by atoms with Gasteiger partial charge in [-0.25, -0.2) is 0 Å². The van der Waals surface area contributed by atoms with E-state index in [0.29, 0.717) is 10.6 Å². The van der Waals surface area contributed by atoms with Crippen molar-refractivity contribution < 1.29 is 0 Å². The van der Waals surface area contributed by atoms with E-state index in [9.17, 15) is 0 Å². The summed E-state index contributed by atoms with van der Waals surface area (Å²) in [6.07, 6.45) is 1.88. The molecule has 0 spiro atoms. The van der Waals surface area contributed by atoms with Gasteiger partial charge < -0.3 is 4.90 Å². The average molecular weight is 365 g/mol. The minimum atomic E-state index is 0.472. The number of nitrogens with zero attached hydrogens (tertiary/aromatic N) is 4. The number of anilines is 2. The first-order valence-electron chi connectivity index (χ1n) is 8.53. The van der Waals surface area contributed by atoms with Crippen molar-refractivity contribution in [2.75, 3.05) is 11.4 Å². The molecule has 0 saturated heterocycles. The molecule has 2 aromatic carbocycles. The third-order valence-corrected chi connectivity index (χ3v) is 4.91. The zero-order valence-corrected chi connectivity index (χ0v) is 16.2. The lowest BCUT2D eigenvalue weighted by Crippen LogP contribution is -2.17. The zero-order valence-electron chi connectivity index (χ0n) is 15.4. The van der Waals surface area contributed by atoms with Crippen LogP contribution in [0.1, 0.15) is 23.6 Å². The quantitative estimate of drug-likeness (QED) is 0.623. The Balaban J connectivity index is 2.11. The van der Waals surface area contributed by atoms with Gasteiger partial charge in [-0.3, -0.25) is 4.68 Å². The second-order valence-electron chi connectivity index (χ2n) is 6.32. The standard InChI is InChI=1S/C21H21ClN4/c1-5-26(18-9-8-17(12-23)19(22)11-18)20-10-16(7-6-14(20)2)21-15(3)13-24-25(21)4/h6-11,13H,5H2,1-4H3. The van der Waals surface area contributed by atoms with E-state index in [-0.39, 0.29) is 0 Å². The molecular formula is C21H21ClN4. The van der Waals surface area contributed by atoms with Crippen molar-refractivity contribution in [3.63, 3.8) is 0 Å². The van der Waals surface area contributed by atoms with E-state index in [4.69, 9.17) is 16.9 Å². The zero-order chi connectivity index (χ0) is 18.8. The topological polar surface area (TPSA) is 44.9 Å². The maximum absolute atomic E-state index is 9.10. The molecule has 0 atom stereocenters. The van der Waals surface area contributed by atoms with Crippen LogP contribution in [-0.4, -0.2) is 16.3 Å². The van der Waals surface area contributed by atoms with Crippen LogP contribution < -0.4 is 4.90 Å². The molecule has 0 saturated carbocycles. The molecule has 1 heterocycles. The third-order valence-electron chi connectivity index (χ3n) is 4.60.